The Morgan fingerprint density at radius 1 is 0.930 bits per heavy atom. The zero-order valence-corrected chi connectivity index (χ0v) is 22.5. The number of carbonyl (C=O) groups is 2. The largest absolute Gasteiger partial charge is 0.403 e. The number of imidazole rings is 1. The summed E-state index contributed by atoms with van der Waals surface area (Å²) in [6.07, 6.45) is -3.66. The molecule has 1 atom stereocenters. The Balaban J connectivity index is 1.31. The lowest BCUT2D eigenvalue weighted by Gasteiger charge is -2.24. The first-order chi connectivity index (χ1) is 20.5. The molecule has 0 spiro atoms. The van der Waals surface area contributed by atoms with Gasteiger partial charge in [0, 0.05) is 18.2 Å². The molecule has 2 aromatic carbocycles. The van der Waals surface area contributed by atoms with Crippen LogP contribution in [0.5, 0.6) is 0 Å². The molecule has 0 radical (unpaired) electrons. The summed E-state index contributed by atoms with van der Waals surface area (Å²) in [7, 11) is 0. The summed E-state index contributed by atoms with van der Waals surface area (Å²) in [6, 6.07) is 12.4. The van der Waals surface area contributed by atoms with Crippen LogP contribution in [-0.2, 0) is 28.1 Å². The Labute approximate surface area is 241 Å². The van der Waals surface area contributed by atoms with Crippen LogP contribution in [0, 0.1) is 22.9 Å². The summed E-state index contributed by atoms with van der Waals surface area (Å²) >= 11 is 0. The lowest BCUT2D eigenvalue weighted by atomic mass is 10.0. The fraction of sp³-hybridized carbons (Fsp3) is 0.333. The summed E-state index contributed by atoms with van der Waals surface area (Å²) in [5.41, 5.74) is -1.97. The molecule has 1 unspecified atom stereocenters. The molecule has 6 rings (SSSR count). The number of hydrogen-bond donors (Lipinski definition) is 2. The average molecular weight is 602 g/mol. The molecule has 2 fully saturated rings. The number of hydrogen-bond acceptors (Lipinski definition) is 4. The van der Waals surface area contributed by atoms with Crippen LogP contribution < -0.4 is 10.6 Å². The standard InChI is InChI=1S/C30H25F6N5O2/c31-19-8-9-20(32)24(33)18(19)15-22(40-27(43)28(10-11-28)30(34,35)36)26(42)38-16-23-39-21-7-4-14-37-25(21)41(23)29(12-13-29)17-5-2-1-3-6-17/h1-9,14,22H,10-13,15-16H2,(H,38,42)(H,40,43). The van der Waals surface area contributed by atoms with E-state index in [-0.39, 0.29) is 6.54 Å². The van der Waals surface area contributed by atoms with Crippen molar-refractivity contribution in [2.75, 3.05) is 0 Å². The van der Waals surface area contributed by atoms with Gasteiger partial charge in [-0.05, 0) is 55.5 Å². The first-order valence-electron chi connectivity index (χ1n) is 13.6. The lowest BCUT2D eigenvalue weighted by molar-refractivity contribution is -0.192. The highest BCUT2D eigenvalue weighted by Crippen LogP contribution is 2.57. The van der Waals surface area contributed by atoms with Crippen LogP contribution in [0.4, 0.5) is 26.3 Å². The van der Waals surface area contributed by atoms with Crippen molar-refractivity contribution >= 4 is 23.0 Å². The van der Waals surface area contributed by atoms with Crippen LogP contribution in [0.1, 0.15) is 42.6 Å². The molecule has 2 aliphatic rings. The molecule has 2 aliphatic carbocycles. The zero-order valence-electron chi connectivity index (χ0n) is 22.5. The van der Waals surface area contributed by atoms with E-state index in [2.05, 4.69) is 15.3 Å². The second-order valence-corrected chi connectivity index (χ2v) is 11.0. The minimum Gasteiger partial charge on any atom is -0.347 e. The van der Waals surface area contributed by atoms with Crippen LogP contribution >= 0.6 is 0 Å². The molecule has 7 nitrogen and oxygen atoms in total. The predicted octanol–water partition coefficient (Wildman–Crippen LogP) is 5.07. The van der Waals surface area contributed by atoms with Crippen molar-refractivity contribution in [2.24, 2.45) is 5.41 Å². The van der Waals surface area contributed by atoms with Crippen LogP contribution in [0.3, 0.4) is 0 Å². The number of nitrogens with one attached hydrogen (secondary N) is 2. The van der Waals surface area contributed by atoms with Gasteiger partial charge in [0.1, 0.15) is 28.6 Å². The van der Waals surface area contributed by atoms with Gasteiger partial charge >= 0.3 is 6.18 Å². The van der Waals surface area contributed by atoms with Gasteiger partial charge in [-0.15, -0.1) is 0 Å². The quantitative estimate of drug-likeness (QED) is 0.207. The van der Waals surface area contributed by atoms with E-state index in [4.69, 9.17) is 0 Å². The summed E-state index contributed by atoms with van der Waals surface area (Å²) < 4.78 is 85.7. The number of aromatic nitrogens is 3. The van der Waals surface area contributed by atoms with Gasteiger partial charge < -0.3 is 15.2 Å². The number of carbonyl (C=O) groups excluding carboxylic acids is 2. The molecule has 0 aliphatic heterocycles. The first kappa shape index (κ1) is 28.7. The van der Waals surface area contributed by atoms with E-state index >= 15 is 0 Å². The first-order valence-corrected chi connectivity index (χ1v) is 13.6. The van der Waals surface area contributed by atoms with Gasteiger partial charge in [0.25, 0.3) is 0 Å². The third-order valence-electron chi connectivity index (χ3n) is 8.27. The van der Waals surface area contributed by atoms with Gasteiger partial charge in [-0.2, -0.15) is 13.2 Å². The van der Waals surface area contributed by atoms with Crippen molar-refractivity contribution < 1.29 is 35.9 Å². The normalized spacial score (nSPS) is 17.3. The van der Waals surface area contributed by atoms with E-state index in [9.17, 15) is 35.9 Å². The van der Waals surface area contributed by atoms with Crippen molar-refractivity contribution in [3.8, 4) is 0 Å². The smallest absolute Gasteiger partial charge is 0.347 e. The predicted molar refractivity (Wildman–Crippen MR) is 142 cm³/mol. The van der Waals surface area contributed by atoms with E-state index in [1.807, 2.05) is 40.2 Å². The lowest BCUT2D eigenvalue weighted by Crippen LogP contribution is -2.52. The van der Waals surface area contributed by atoms with Crippen LogP contribution in [-0.4, -0.2) is 38.6 Å². The van der Waals surface area contributed by atoms with E-state index in [1.54, 1.807) is 18.3 Å². The van der Waals surface area contributed by atoms with Gasteiger partial charge in [0.05, 0.1) is 12.1 Å². The van der Waals surface area contributed by atoms with Gasteiger partial charge in [-0.1, -0.05) is 30.3 Å². The molecular formula is C30H25F6N5O2. The Morgan fingerprint density at radius 2 is 1.63 bits per heavy atom. The maximum absolute atomic E-state index is 14.5. The SMILES string of the molecule is O=C(NCc1nc2cccnc2n1C1(c2ccccc2)CC1)C(Cc1c(F)ccc(F)c1F)NC(=O)C1(C(F)(F)F)CC1. The van der Waals surface area contributed by atoms with Gasteiger partial charge in [-0.3, -0.25) is 9.59 Å². The Bertz CT molecular complexity index is 1710. The molecule has 2 amide bonds. The fourth-order valence-electron chi connectivity index (χ4n) is 5.56. The van der Waals surface area contributed by atoms with E-state index in [1.165, 1.54) is 0 Å². The van der Waals surface area contributed by atoms with Crippen molar-refractivity contribution in [1.82, 2.24) is 25.2 Å². The third kappa shape index (κ3) is 5.00. The monoisotopic (exact) mass is 601 g/mol. The molecule has 0 bridgehead atoms. The molecule has 13 heteroatoms. The zero-order chi connectivity index (χ0) is 30.6. The molecule has 2 heterocycles. The maximum Gasteiger partial charge on any atom is 0.403 e. The molecular weight excluding hydrogens is 576 g/mol. The number of amides is 2. The topological polar surface area (TPSA) is 88.9 Å². The van der Waals surface area contributed by atoms with E-state index in [0.29, 0.717) is 29.1 Å². The van der Waals surface area contributed by atoms with E-state index in [0.717, 1.165) is 18.4 Å². The minimum absolute atomic E-state index is 0.241. The maximum atomic E-state index is 14.5. The second-order valence-electron chi connectivity index (χ2n) is 11.0. The van der Waals surface area contributed by atoms with Crippen molar-refractivity contribution in [2.45, 2.75) is 56.4 Å². The van der Waals surface area contributed by atoms with Gasteiger partial charge in [0.15, 0.2) is 17.3 Å². The van der Waals surface area contributed by atoms with Crippen LogP contribution in [0.25, 0.3) is 11.2 Å². The molecule has 0 saturated heterocycles. The molecule has 43 heavy (non-hydrogen) atoms. The average Bonchev–Trinajstić information content (AvgIpc) is 3.92. The number of halogens is 6. The van der Waals surface area contributed by atoms with Crippen LogP contribution in [0.2, 0.25) is 0 Å². The van der Waals surface area contributed by atoms with Crippen molar-refractivity contribution in [3.63, 3.8) is 0 Å². The molecule has 2 N–H and O–H groups in total. The molecule has 2 saturated carbocycles. The summed E-state index contributed by atoms with van der Waals surface area (Å²) in [4.78, 5) is 35.3. The summed E-state index contributed by atoms with van der Waals surface area (Å²) in [5, 5.41) is 4.58. The highest BCUT2D eigenvalue weighted by atomic mass is 19.4. The highest BCUT2D eigenvalue weighted by Gasteiger charge is 2.68. The fourth-order valence-corrected chi connectivity index (χ4v) is 5.56. The molecule has 224 valence electrons. The Morgan fingerprint density at radius 3 is 2.28 bits per heavy atom. The summed E-state index contributed by atoms with van der Waals surface area (Å²) in [5.74, 6) is -6.36. The highest BCUT2D eigenvalue weighted by molar-refractivity contribution is 5.92. The minimum atomic E-state index is -4.89. The number of nitrogens with zero attached hydrogens (tertiary/aromatic N) is 3. The number of rotatable bonds is 9. The molecule has 2 aromatic heterocycles. The van der Waals surface area contributed by atoms with E-state index < -0.39 is 77.3 Å². The Kier molecular flexibility index (Phi) is 6.93. The number of fused-ring (bicyclic) bond motifs is 1. The number of pyridine rings is 1. The summed E-state index contributed by atoms with van der Waals surface area (Å²) in [6.45, 7) is -0.241. The third-order valence-corrected chi connectivity index (χ3v) is 8.27. The number of benzene rings is 2. The van der Waals surface area contributed by atoms with Gasteiger partial charge in [0.2, 0.25) is 11.8 Å². The second kappa shape index (κ2) is 10.4. The van der Waals surface area contributed by atoms with Gasteiger partial charge in [-0.25, -0.2) is 23.1 Å². The van der Waals surface area contributed by atoms with Crippen molar-refractivity contribution in [3.05, 3.63) is 95.2 Å². The Hall–Kier alpha value is -4.42. The van der Waals surface area contributed by atoms with Crippen molar-refractivity contribution in [1.29, 1.82) is 0 Å². The molecule has 4 aromatic rings. The van der Waals surface area contributed by atoms with Crippen LogP contribution in [0.15, 0.2) is 60.8 Å². The number of alkyl halides is 3.